The molecular formula is C8H15O4S-. The van der Waals surface area contributed by atoms with Crippen LogP contribution in [0.5, 0.6) is 0 Å². The molecule has 0 aromatic heterocycles. The first-order valence-electron chi connectivity index (χ1n) is 4.46. The summed E-state index contributed by atoms with van der Waals surface area (Å²) in [6, 6.07) is 0. The Morgan fingerprint density at radius 2 is 2.15 bits per heavy atom. The van der Waals surface area contributed by atoms with Crippen molar-refractivity contribution in [3.63, 3.8) is 0 Å². The highest BCUT2D eigenvalue weighted by molar-refractivity contribution is 7.79. The van der Waals surface area contributed by atoms with Crippen LogP contribution in [0.25, 0.3) is 0 Å². The van der Waals surface area contributed by atoms with Crippen LogP contribution in [0.1, 0.15) is 19.8 Å². The van der Waals surface area contributed by atoms with E-state index in [1.807, 2.05) is 6.92 Å². The van der Waals surface area contributed by atoms with Crippen molar-refractivity contribution in [2.45, 2.75) is 25.4 Å². The highest BCUT2D eigenvalue weighted by Gasteiger charge is 2.33. The summed E-state index contributed by atoms with van der Waals surface area (Å²) in [6.45, 7) is 3.62. The number of hydrogen-bond donors (Lipinski definition) is 0. The van der Waals surface area contributed by atoms with Gasteiger partial charge in [0.2, 0.25) is 0 Å². The number of hydrogen-bond acceptors (Lipinski definition) is 4. The Morgan fingerprint density at radius 3 is 2.62 bits per heavy atom. The monoisotopic (exact) mass is 207 g/mol. The van der Waals surface area contributed by atoms with Crippen LogP contribution in [0.4, 0.5) is 0 Å². The predicted molar refractivity (Wildman–Crippen MR) is 48.2 cm³/mol. The summed E-state index contributed by atoms with van der Waals surface area (Å²) in [5.74, 6) is 0.0875. The lowest BCUT2D eigenvalue weighted by atomic mass is 9.96. The Kier molecular flexibility index (Phi) is 4.31. The summed E-state index contributed by atoms with van der Waals surface area (Å²) in [4.78, 5) is 0. The molecule has 1 atom stereocenters. The van der Waals surface area contributed by atoms with Crippen molar-refractivity contribution in [2.24, 2.45) is 0 Å². The molecule has 4 nitrogen and oxygen atoms in total. The molecule has 0 aromatic rings. The maximum absolute atomic E-state index is 10.6. The van der Waals surface area contributed by atoms with Gasteiger partial charge in [0.1, 0.15) is 0 Å². The molecule has 0 amide bonds. The van der Waals surface area contributed by atoms with Crippen molar-refractivity contribution in [2.75, 3.05) is 25.6 Å². The summed E-state index contributed by atoms with van der Waals surface area (Å²) >= 11 is -2.03. The van der Waals surface area contributed by atoms with Crippen LogP contribution < -0.4 is 0 Å². The molecule has 1 saturated heterocycles. The standard InChI is InChI=1S/C8H16O4S/c1-2-12-8(7-13(9)10)3-5-11-6-4-8/h2-7H2,1H3,(H,9,10)/p-1. The Bertz CT molecular complexity index is 171. The lowest BCUT2D eigenvalue weighted by molar-refractivity contribution is -0.0927. The normalized spacial score (nSPS) is 24.2. The van der Waals surface area contributed by atoms with Gasteiger partial charge in [0, 0.05) is 38.4 Å². The molecule has 1 fully saturated rings. The number of ether oxygens (including phenoxy) is 2. The summed E-state index contributed by atoms with van der Waals surface area (Å²) in [7, 11) is 0. The second kappa shape index (κ2) is 5.05. The van der Waals surface area contributed by atoms with Crippen LogP contribution in [0.3, 0.4) is 0 Å². The fraction of sp³-hybridized carbons (Fsp3) is 1.00. The molecule has 1 rings (SSSR count). The molecule has 1 heterocycles. The van der Waals surface area contributed by atoms with E-state index < -0.39 is 16.7 Å². The molecular weight excluding hydrogens is 192 g/mol. The van der Waals surface area contributed by atoms with Crippen molar-refractivity contribution in [1.29, 1.82) is 0 Å². The van der Waals surface area contributed by atoms with E-state index in [1.54, 1.807) is 0 Å². The summed E-state index contributed by atoms with van der Waals surface area (Å²) < 4.78 is 31.9. The molecule has 0 aliphatic carbocycles. The molecule has 0 aromatic carbocycles. The third kappa shape index (κ3) is 3.34. The minimum atomic E-state index is -2.03. The SMILES string of the molecule is CCOC1(CS(=O)[O-])CCOCC1. The molecule has 0 radical (unpaired) electrons. The van der Waals surface area contributed by atoms with Crippen molar-refractivity contribution in [3.8, 4) is 0 Å². The van der Waals surface area contributed by atoms with Crippen molar-refractivity contribution >= 4 is 11.1 Å². The van der Waals surface area contributed by atoms with E-state index in [-0.39, 0.29) is 5.75 Å². The van der Waals surface area contributed by atoms with E-state index in [0.717, 1.165) is 0 Å². The van der Waals surface area contributed by atoms with Crippen molar-refractivity contribution in [1.82, 2.24) is 0 Å². The molecule has 0 spiro atoms. The fourth-order valence-electron chi connectivity index (χ4n) is 1.59. The van der Waals surface area contributed by atoms with Gasteiger partial charge in [0.25, 0.3) is 0 Å². The van der Waals surface area contributed by atoms with E-state index in [9.17, 15) is 8.76 Å². The lowest BCUT2D eigenvalue weighted by Gasteiger charge is -2.37. The van der Waals surface area contributed by atoms with Gasteiger partial charge in [-0.15, -0.1) is 0 Å². The zero-order valence-electron chi connectivity index (χ0n) is 7.78. The Labute approximate surface area is 80.9 Å². The molecule has 78 valence electrons. The van der Waals surface area contributed by atoms with Crippen molar-refractivity contribution < 1.29 is 18.2 Å². The lowest BCUT2D eigenvalue weighted by Crippen LogP contribution is -2.43. The molecule has 1 unspecified atom stereocenters. The predicted octanol–water partition coefficient (Wildman–Crippen LogP) is 0.451. The van der Waals surface area contributed by atoms with Crippen LogP contribution in [0.15, 0.2) is 0 Å². The van der Waals surface area contributed by atoms with Gasteiger partial charge in [0.05, 0.1) is 5.60 Å². The third-order valence-corrected chi connectivity index (χ3v) is 3.00. The maximum Gasteiger partial charge on any atom is 0.0829 e. The van der Waals surface area contributed by atoms with Crippen molar-refractivity contribution in [3.05, 3.63) is 0 Å². The van der Waals surface area contributed by atoms with Gasteiger partial charge < -0.3 is 14.0 Å². The third-order valence-electron chi connectivity index (χ3n) is 2.24. The van der Waals surface area contributed by atoms with Gasteiger partial charge in [-0.1, -0.05) is 11.1 Å². The van der Waals surface area contributed by atoms with E-state index in [1.165, 1.54) is 0 Å². The molecule has 0 N–H and O–H groups in total. The topological polar surface area (TPSA) is 58.6 Å². The molecule has 5 heteroatoms. The minimum absolute atomic E-state index is 0.0875. The fourth-order valence-corrected chi connectivity index (χ4v) is 2.40. The van der Waals surface area contributed by atoms with Gasteiger partial charge in [-0.25, -0.2) is 0 Å². The largest absolute Gasteiger partial charge is 0.772 e. The van der Waals surface area contributed by atoms with Crippen LogP contribution in [-0.4, -0.2) is 39.9 Å². The highest BCUT2D eigenvalue weighted by atomic mass is 32.2. The second-order valence-corrected chi connectivity index (χ2v) is 4.07. The van der Waals surface area contributed by atoms with Crippen LogP contribution in [0.2, 0.25) is 0 Å². The zero-order chi connectivity index (χ0) is 9.73. The van der Waals surface area contributed by atoms with Gasteiger partial charge in [-0.2, -0.15) is 0 Å². The first-order valence-corrected chi connectivity index (χ1v) is 5.70. The summed E-state index contributed by atoms with van der Waals surface area (Å²) in [5, 5.41) is 0. The smallest absolute Gasteiger partial charge is 0.0829 e. The minimum Gasteiger partial charge on any atom is -0.772 e. The maximum atomic E-state index is 10.6. The van der Waals surface area contributed by atoms with Gasteiger partial charge in [0.15, 0.2) is 0 Å². The van der Waals surface area contributed by atoms with E-state index in [2.05, 4.69) is 0 Å². The Balaban J connectivity index is 2.55. The Hall–Kier alpha value is 0.0300. The zero-order valence-corrected chi connectivity index (χ0v) is 8.60. The van der Waals surface area contributed by atoms with Crippen LogP contribution >= 0.6 is 0 Å². The van der Waals surface area contributed by atoms with Gasteiger partial charge >= 0.3 is 0 Å². The van der Waals surface area contributed by atoms with E-state index in [0.29, 0.717) is 32.7 Å². The summed E-state index contributed by atoms with van der Waals surface area (Å²) in [6.07, 6.45) is 1.35. The first kappa shape index (κ1) is 11.1. The van der Waals surface area contributed by atoms with Gasteiger partial charge in [-0.05, 0) is 6.92 Å². The molecule has 1 aliphatic rings. The Morgan fingerprint density at radius 1 is 1.54 bits per heavy atom. The first-order chi connectivity index (χ1) is 6.18. The molecule has 0 saturated carbocycles. The average molecular weight is 207 g/mol. The quantitative estimate of drug-likeness (QED) is 0.628. The molecule has 1 aliphatic heterocycles. The molecule has 13 heavy (non-hydrogen) atoms. The van der Waals surface area contributed by atoms with Crippen LogP contribution in [-0.2, 0) is 20.6 Å². The second-order valence-electron chi connectivity index (χ2n) is 3.18. The summed E-state index contributed by atoms with van der Waals surface area (Å²) in [5.41, 5.74) is -0.486. The van der Waals surface area contributed by atoms with Crippen LogP contribution in [0, 0.1) is 0 Å². The van der Waals surface area contributed by atoms with E-state index >= 15 is 0 Å². The van der Waals surface area contributed by atoms with Gasteiger partial charge in [-0.3, -0.25) is 4.21 Å². The highest BCUT2D eigenvalue weighted by Crippen LogP contribution is 2.25. The number of rotatable bonds is 4. The molecule has 0 bridgehead atoms. The average Bonchev–Trinajstić information content (AvgIpc) is 2.04. The van der Waals surface area contributed by atoms with E-state index in [4.69, 9.17) is 9.47 Å².